The number of rotatable bonds is 5. The molecule has 1 aliphatic rings. The van der Waals surface area contributed by atoms with Gasteiger partial charge in [-0.15, -0.1) is 0 Å². The molecule has 0 aromatic heterocycles. The van der Waals surface area contributed by atoms with E-state index in [-0.39, 0.29) is 6.61 Å². The average Bonchev–Trinajstić information content (AvgIpc) is 2.69. The molecule has 1 atom stereocenters. The second kappa shape index (κ2) is 10.1. The standard InChI is InChI=1S/C23H28N2O4/c1-23(2,24)20(22(28)29)25-21(27)19-13-11-17(12-14-19)6-4-3-5-16-7-9-18(15-26)10-8-16/h11-14,16,18,20,26H,7-10,15,24H2,1-2H3,(H,25,27)(H,28,29). The number of amides is 1. The summed E-state index contributed by atoms with van der Waals surface area (Å²) in [6, 6.07) is 5.37. The van der Waals surface area contributed by atoms with Crippen molar-refractivity contribution in [2.45, 2.75) is 51.1 Å². The first kappa shape index (κ1) is 22.5. The molecule has 1 aromatic carbocycles. The fourth-order valence-corrected chi connectivity index (χ4v) is 3.22. The normalized spacial score (nSPS) is 19.7. The minimum Gasteiger partial charge on any atom is -0.480 e. The summed E-state index contributed by atoms with van der Waals surface area (Å²) in [7, 11) is 0. The fourth-order valence-electron chi connectivity index (χ4n) is 3.22. The van der Waals surface area contributed by atoms with Crippen LogP contribution in [0, 0.1) is 35.5 Å². The first-order valence-corrected chi connectivity index (χ1v) is 9.75. The van der Waals surface area contributed by atoms with Crippen molar-refractivity contribution in [1.29, 1.82) is 0 Å². The number of hydrogen-bond donors (Lipinski definition) is 4. The molecule has 154 valence electrons. The highest BCUT2D eigenvalue weighted by atomic mass is 16.4. The second-order valence-electron chi connectivity index (χ2n) is 8.06. The van der Waals surface area contributed by atoms with Crippen molar-refractivity contribution in [3.05, 3.63) is 35.4 Å². The summed E-state index contributed by atoms with van der Waals surface area (Å²) < 4.78 is 0. The number of carbonyl (C=O) groups excluding carboxylic acids is 1. The highest BCUT2D eigenvalue weighted by molar-refractivity contribution is 5.97. The zero-order chi connectivity index (χ0) is 21.4. The van der Waals surface area contributed by atoms with E-state index in [1.165, 1.54) is 0 Å². The zero-order valence-corrected chi connectivity index (χ0v) is 16.9. The van der Waals surface area contributed by atoms with Gasteiger partial charge in [0.2, 0.25) is 0 Å². The third-order valence-electron chi connectivity index (χ3n) is 5.06. The zero-order valence-electron chi connectivity index (χ0n) is 16.9. The number of nitrogens with two attached hydrogens (primary N) is 1. The molecule has 0 saturated heterocycles. The second-order valence-corrected chi connectivity index (χ2v) is 8.06. The number of carbonyl (C=O) groups is 2. The summed E-state index contributed by atoms with van der Waals surface area (Å²) in [4.78, 5) is 23.6. The Labute approximate surface area is 171 Å². The van der Waals surface area contributed by atoms with E-state index in [1.54, 1.807) is 38.1 Å². The Kier molecular flexibility index (Phi) is 7.84. The molecule has 0 aliphatic heterocycles. The van der Waals surface area contributed by atoms with Crippen molar-refractivity contribution in [2.24, 2.45) is 17.6 Å². The minimum absolute atomic E-state index is 0.259. The van der Waals surface area contributed by atoms with E-state index in [0.29, 0.717) is 23.0 Å². The quantitative estimate of drug-likeness (QED) is 0.567. The van der Waals surface area contributed by atoms with Gasteiger partial charge >= 0.3 is 5.97 Å². The molecule has 6 heteroatoms. The Morgan fingerprint density at radius 2 is 1.79 bits per heavy atom. The lowest BCUT2D eigenvalue weighted by Crippen LogP contribution is -2.58. The average molecular weight is 396 g/mol. The van der Waals surface area contributed by atoms with Gasteiger partial charge in [0.05, 0.1) is 0 Å². The lowest BCUT2D eigenvalue weighted by Gasteiger charge is -2.27. The Hall–Kier alpha value is -2.80. The first-order chi connectivity index (χ1) is 13.7. The number of hydrogen-bond acceptors (Lipinski definition) is 4. The molecule has 5 N–H and O–H groups in total. The molecular weight excluding hydrogens is 368 g/mol. The number of aliphatic carboxylic acids is 1. The Morgan fingerprint density at radius 1 is 1.17 bits per heavy atom. The summed E-state index contributed by atoms with van der Waals surface area (Å²) in [5.41, 5.74) is 5.78. The van der Waals surface area contributed by atoms with Crippen LogP contribution in [0.1, 0.15) is 55.5 Å². The predicted octanol–water partition coefficient (Wildman–Crippen LogP) is 1.76. The van der Waals surface area contributed by atoms with Crippen molar-refractivity contribution in [3.8, 4) is 23.7 Å². The highest BCUT2D eigenvalue weighted by Gasteiger charge is 2.33. The van der Waals surface area contributed by atoms with E-state index in [2.05, 4.69) is 29.0 Å². The number of nitrogens with one attached hydrogen (secondary N) is 1. The molecule has 1 amide bonds. The van der Waals surface area contributed by atoms with Crippen LogP contribution in [0.25, 0.3) is 0 Å². The Morgan fingerprint density at radius 3 is 2.31 bits per heavy atom. The van der Waals surface area contributed by atoms with E-state index < -0.39 is 23.5 Å². The maximum atomic E-state index is 12.3. The summed E-state index contributed by atoms with van der Waals surface area (Å²) in [6.07, 6.45) is 4.02. The maximum Gasteiger partial charge on any atom is 0.328 e. The number of aliphatic hydroxyl groups excluding tert-OH is 1. The Bertz CT molecular complexity index is 839. The van der Waals surface area contributed by atoms with Gasteiger partial charge in [0, 0.05) is 29.2 Å². The molecule has 29 heavy (non-hydrogen) atoms. The van der Waals surface area contributed by atoms with E-state index in [4.69, 9.17) is 10.8 Å². The van der Waals surface area contributed by atoms with Crippen LogP contribution < -0.4 is 11.1 Å². The van der Waals surface area contributed by atoms with Crippen LogP contribution in [0.4, 0.5) is 0 Å². The van der Waals surface area contributed by atoms with E-state index >= 15 is 0 Å². The van der Waals surface area contributed by atoms with Gasteiger partial charge in [-0.25, -0.2) is 4.79 Å². The van der Waals surface area contributed by atoms with Gasteiger partial charge in [-0.3, -0.25) is 4.79 Å². The van der Waals surface area contributed by atoms with Crippen LogP contribution >= 0.6 is 0 Å². The molecule has 0 heterocycles. The van der Waals surface area contributed by atoms with Gasteiger partial charge < -0.3 is 21.3 Å². The summed E-state index contributed by atoms with van der Waals surface area (Å²) in [6.45, 7) is 3.35. The molecule has 2 rings (SSSR count). The number of carboxylic acid groups (broad SMARTS) is 1. The largest absolute Gasteiger partial charge is 0.480 e. The van der Waals surface area contributed by atoms with Crippen molar-refractivity contribution in [1.82, 2.24) is 5.32 Å². The molecule has 6 nitrogen and oxygen atoms in total. The van der Waals surface area contributed by atoms with Gasteiger partial charge in [-0.1, -0.05) is 11.8 Å². The van der Waals surface area contributed by atoms with Crippen LogP contribution in [-0.2, 0) is 4.79 Å². The van der Waals surface area contributed by atoms with E-state index in [9.17, 15) is 14.7 Å². The van der Waals surface area contributed by atoms with Crippen LogP contribution in [0.5, 0.6) is 0 Å². The molecule has 1 aromatic rings. The molecule has 1 fully saturated rings. The third kappa shape index (κ3) is 6.94. The fraction of sp³-hybridized carbons (Fsp3) is 0.478. The predicted molar refractivity (Wildman–Crippen MR) is 111 cm³/mol. The molecule has 0 radical (unpaired) electrons. The molecule has 1 saturated carbocycles. The maximum absolute atomic E-state index is 12.3. The van der Waals surface area contributed by atoms with Crippen molar-refractivity contribution in [3.63, 3.8) is 0 Å². The van der Waals surface area contributed by atoms with Crippen LogP contribution in [0.2, 0.25) is 0 Å². The molecule has 0 spiro atoms. The third-order valence-corrected chi connectivity index (χ3v) is 5.06. The van der Waals surface area contributed by atoms with E-state index in [0.717, 1.165) is 25.7 Å². The lowest BCUT2D eigenvalue weighted by atomic mass is 9.83. The van der Waals surface area contributed by atoms with Crippen LogP contribution in [0.15, 0.2) is 24.3 Å². The summed E-state index contributed by atoms with van der Waals surface area (Å²) in [5.74, 6) is 10.9. The minimum atomic E-state index is -1.20. The van der Waals surface area contributed by atoms with Gasteiger partial charge in [-0.05, 0) is 81.6 Å². The number of carboxylic acids is 1. The number of aliphatic hydroxyl groups is 1. The summed E-state index contributed by atoms with van der Waals surface area (Å²) >= 11 is 0. The van der Waals surface area contributed by atoms with Gasteiger partial charge in [0.25, 0.3) is 5.91 Å². The SMILES string of the molecule is CC(C)(N)C(NC(=O)c1ccc(C#CC#CC2CCC(CO)CC2)cc1)C(=O)O. The molecule has 0 bridgehead atoms. The van der Waals surface area contributed by atoms with Crippen molar-refractivity contribution < 1.29 is 19.8 Å². The van der Waals surface area contributed by atoms with Gasteiger partial charge in [0.1, 0.15) is 6.04 Å². The van der Waals surface area contributed by atoms with E-state index in [1.807, 2.05) is 0 Å². The van der Waals surface area contributed by atoms with Gasteiger partial charge in [-0.2, -0.15) is 0 Å². The molecule has 1 unspecified atom stereocenters. The van der Waals surface area contributed by atoms with Crippen molar-refractivity contribution in [2.75, 3.05) is 6.61 Å². The van der Waals surface area contributed by atoms with Crippen molar-refractivity contribution >= 4 is 11.9 Å². The topological polar surface area (TPSA) is 113 Å². The smallest absolute Gasteiger partial charge is 0.328 e. The van der Waals surface area contributed by atoms with Crippen LogP contribution in [-0.4, -0.2) is 40.3 Å². The lowest BCUT2D eigenvalue weighted by molar-refractivity contribution is -0.140. The number of benzene rings is 1. The Balaban J connectivity index is 1.94. The molecule has 1 aliphatic carbocycles. The van der Waals surface area contributed by atoms with Gasteiger partial charge in [0.15, 0.2) is 0 Å². The first-order valence-electron chi connectivity index (χ1n) is 9.75. The summed E-state index contributed by atoms with van der Waals surface area (Å²) in [5, 5.41) is 20.9. The molecular formula is C23H28N2O4. The highest BCUT2D eigenvalue weighted by Crippen LogP contribution is 2.27. The monoisotopic (exact) mass is 396 g/mol. The van der Waals surface area contributed by atoms with Crippen LogP contribution in [0.3, 0.4) is 0 Å².